The Balaban J connectivity index is 2.42. The summed E-state index contributed by atoms with van der Waals surface area (Å²) in [6, 6.07) is 0. The SMILES string of the molecule is Cc1sc2nc(CN(C)CCO)nc(NN)c2c1C. The van der Waals surface area contributed by atoms with Gasteiger partial charge < -0.3 is 10.5 Å². The number of aliphatic hydroxyl groups is 1. The van der Waals surface area contributed by atoms with Crippen LogP contribution < -0.4 is 11.3 Å². The first-order valence-electron chi connectivity index (χ1n) is 6.09. The Labute approximate surface area is 116 Å². The highest BCUT2D eigenvalue weighted by molar-refractivity contribution is 7.18. The van der Waals surface area contributed by atoms with Gasteiger partial charge in [0.05, 0.1) is 18.5 Å². The Morgan fingerprint density at radius 1 is 1.37 bits per heavy atom. The van der Waals surface area contributed by atoms with E-state index in [1.807, 2.05) is 11.9 Å². The first kappa shape index (κ1) is 14.1. The van der Waals surface area contributed by atoms with E-state index in [1.54, 1.807) is 11.3 Å². The van der Waals surface area contributed by atoms with Gasteiger partial charge in [0, 0.05) is 11.4 Å². The predicted octanol–water partition coefficient (Wildman–Crippen LogP) is 1.02. The van der Waals surface area contributed by atoms with Gasteiger partial charge in [-0.3, -0.25) is 4.90 Å². The molecule has 0 fully saturated rings. The van der Waals surface area contributed by atoms with Gasteiger partial charge in [0.2, 0.25) is 0 Å². The molecule has 0 saturated carbocycles. The van der Waals surface area contributed by atoms with Crippen LogP contribution >= 0.6 is 11.3 Å². The van der Waals surface area contributed by atoms with Gasteiger partial charge in [0.15, 0.2) is 5.82 Å². The smallest absolute Gasteiger partial charge is 0.152 e. The zero-order valence-electron chi connectivity index (χ0n) is 11.4. The maximum Gasteiger partial charge on any atom is 0.152 e. The summed E-state index contributed by atoms with van der Waals surface area (Å²) in [6.45, 7) is 5.42. The van der Waals surface area contributed by atoms with Crippen molar-refractivity contribution in [3.05, 3.63) is 16.3 Å². The Hall–Kier alpha value is -1.28. The summed E-state index contributed by atoms with van der Waals surface area (Å²) in [5, 5.41) is 9.91. The van der Waals surface area contributed by atoms with Crippen molar-refractivity contribution in [2.24, 2.45) is 5.84 Å². The van der Waals surface area contributed by atoms with Crippen molar-refractivity contribution in [1.29, 1.82) is 0 Å². The van der Waals surface area contributed by atoms with Crippen LogP contribution in [-0.4, -0.2) is 40.2 Å². The molecule has 0 amide bonds. The summed E-state index contributed by atoms with van der Waals surface area (Å²) in [5.41, 5.74) is 3.83. The average Bonchev–Trinajstić information content (AvgIpc) is 2.64. The lowest BCUT2D eigenvalue weighted by molar-refractivity contribution is 0.215. The number of nitrogens with zero attached hydrogens (tertiary/aromatic N) is 3. The Morgan fingerprint density at radius 3 is 2.74 bits per heavy atom. The molecule has 0 unspecified atom stereocenters. The van der Waals surface area contributed by atoms with E-state index in [4.69, 9.17) is 10.9 Å². The maximum atomic E-state index is 8.91. The number of rotatable bonds is 5. The van der Waals surface area contributed by atoms with Crippen molar-refractivity contribution < 1.29 is 5.11 Å². The van der Waals surface area contributed by atoms with E-state index >= 15 is 0 Å². The lowest BCUT2D eigenvalue weighted by atomic mass is 10.2. The fourth-order valence-electron chi connectivity index (χ4n) is 1.96. The molecule has 0 saturated heterocycles. The van der Waals surface area contributed by atoms with E-state index in [2.05, 4.69) is 29.2 Å². The second-order valence-corrected chi connectivity index (χ2v) is 5.76. The predicted molar refractivity (Wildman–Crippen MR) is 78.1 cm³/mol. The number of fused-ring (bicyclic) bond motifs is 1. The highest BCUT2D eigenvalue weighted by Crippen LogP contribution is 2.32. The molecule has 0 spiro atoms. The highest BCUT2D eigenvalue weighted by atomic mass is 32.1. The molecule has 2 aromatic heterocycles. The first-order valence-corrected chi connectivity index (χ1v) is 6.91. The van der Waals surface area contributed by atoms with E-state index in [-0.39, 0.29) is 6.61 Å². The fraction of sp³-hybridized carbons (Fsp3) is 0.500. The van der Waals surface area contributed by atoms with Crippen LogP contribution in [0, 0.1) is 13.8 Å². The van der Waals surface area contributed by atoms with E-state index in [0.29, 0.717) is 24.7 Å². The van der Waals surface area contributed by atoms with E-state index < -0.39 is 0 Å². The van der Waals surface area contributed by atoms with Gasteiger partial charge in [0.25, 0.3) is 0 Å². The molecule has 2 heterocycles. The molecular formula is C12H19N5OS. The number of hydrazine groups is 1. The molecule has 4 N–H and O–H groups in total. The summed E-state index contributed by atoms with van der Waals surface area (Å²) in [4.78, 5) is 13.2. The van der Waals surface area contributed by atoms with Crippen LogP contribution in [0.15, 0.2) is 0 Å². The quantitative estimate of drug-likeness (QED) is 0.560. The van der Waals surface area contributed by atoms with Crippen LogP contribution in [0.2, 0.25) is 0 Å². The second-order valence-electron chi connectivity index (χ2n) is 4.56. The summed E-state index contributed by atoms with van der Waals surface area (Å²) in [6.07, 6.45) is 0. The van der Waals surface area contributed by atoms with E-state index in [0.717, 1.165) is 10.2 Å². The average molecular weight is 281 g/mol. The van der Waals surface area contributed by atoms with E-state index in [1.165, 1.54) is 10.4 Å². The fourth-order valence-corrected chi connectivity index (χ4v) is 3.01. The number of thiophene rings is 1. The molecule has 0 radical (unpaired) electrons. The maximum absolute atomic E-state index is 8.91. The van der Waals surface area contributed by atoms with Crippen LogP contribution in [-0.2, 0) is 6.54 Å². The first-order chi connectivity index (χ1) is 9.06. The molecular weight excluding hydrogens is 262 g/mol. The van der Waals surface area contributed by atoms with Gasteiger partial charge in [-0.1, -0.05) is 0 Å². The second kappa shape index (κ2) is 5.79. The summed E-state index contributed by atoms with van der Waals surface area (Å²) in [7, 11) is 1.92. The third-order valence-electron chi connectivity index (χ3n) is 3.10. The number of aryl methyl sites for hydroxylation is 2. The lowest BCUT2D eigenvalue weighted by Crippen LogP contribution is -2.23. The number of anilines is 1. The molecule has 104 valence electrons. The van der Waals surface area contributed by atoms with Crippen LogP contribution in [0.3, 0.4) is 0 Å². The third kappa shape index (κ3) is 2.84. The summed E-state index contributed by atoms with van der Waals surface area (Å²) >= 11 is 1.65. The molecule has 0 aliphatic heterocycles. The van der Waals surface area contributed by atoms with Crippen LogP contribution in [0.1, 0.15) is 16.3 Å². The molecule has 7 heteroatoms. The number of nitrogen functional groups attached to an aromatic ring is 1. The Morgan fingerprint density at radius 2 is 2.11 bits per heavy atom. The van der Waals surface area contributed by atoms with Crippen molar-refractivity contribution in [1.82, 2.24) is 14.9 Å². The van der Waals surface area contributed by atoms with Crippen LogP contribution in [0.5, 0.6) is 0 Å². The number of nitrogens with one attached hydrogen (secondary N) is 1. The minimum absolute atomic E-state index is 0.123. The van der Waals surface area contributed by atoms with Crippen molar-refractivity contribution in [2.45, 2.75) is 20.4 Å². The molecule has 19 heavy (non-hydrogen) atoms. The number of aliphatic hydroxyl groups excluding tert-OH is 1. The number of aromatic nitrogens is 2. The standard InChI is InChI=1S/C12H19N5OS/c1-7-8(2)19-12-10(7)11(16-13)14-9(15-12)6-17(3)4-5-18/h18H,4-6,13H2,1-3H3,(H,14,15,16). The van der Waals surface area contributed by atoms with Gasteiger partial charge >= 0.3 is 0 Å². The zero-order chi connectivity index (χ0) is 14.0. The topological polar surface area (TPSA) is 87.3 Å². The third-order valence-corrected chi connectivity index (χ3v) is 4.21. The van der Waals surface area contributed by atoms with Gasteiger partial charge in [-0.15, -0.1) is 11.3 Å². The number of hydrogen-bond donors (Lipinski definition) is 3. The molecule has 0 bridgehead atoms. The van der Waals surface area contributed by atoms with Crippen molar-refractivity contribution >= 4 is 27.4 Å². The highest BCUT2D eigenvalue weighted by Gasteiger charge is 2.14. The molecule has 2 rings (SSSR count). The van der Waals surface area contributed by atoms with Crippen molar-refractivity contribution in [2.75, 3.05) is 25.6 Å². The zero-order valence-corrected chi connectivity index (χ0v) is 12.2. The number of hydrogen-bond acceptors (Lipinski definition) is 7. The molecule has 0 aromatic carbocycles. The monoisotopic (exact) mass is 281 g/mol. The summed E-state index contributed by atoms with van der Waals surface area (Å²) in [5.74, 6) is 6.94. The van der Waals surface area contributed by atoms with Crippen LogP contribution in [0.4, 0.5) is 5.82 Å². The summed E-state index contributed by atoms with van der Waals surface area (Å²) < 4.78 is 0. The minimum Gasteiger partial charge on any atom is -0.395 e. The van der Waals surface area contributed by atoms with Gasteiger partial charge in [0.1, 0.15) is 10.7 Å². The van der Waals surface area contributed by atoms with Gasteiger partial charge in [-0.2, -0.15) is 0 Å². The molecule has 2 aromatic rings. The van der Waals surface area contributed by atoms with Gasteiger partial charge in [-0.05, 0) is 26.5 Å². The van der Waals surface area contributed by atoms with Crippen LogP contribution in [0.25, 0.3) is 10.2 Å². The van der Waals surface area contributed by atoms with Gasteiger partial charge in [-0.25, -0.2) is 15.8 Å². The number of nitrogens with two attached hydrogens (primary N) is 1. The lowest BCUT2D eigenvalue weighted by Gasteiger charge is -2.14. The number of likely N-dealkylation sites (N-methyl/N-ethyl adjacent to an activating group) is 1. The molecule has 0 aliphatic carbocycles. The molecule has 0 atom stereocenters. The minimum atomic E-state index is 0.123. The molecule has 6 nitrogen and oxygen atoms in total. The Kier molecular flexibility index (Phi) is 4.31. The van der Waals surface area contributed by atoms with E-state index in [9.17, 15) is 0 Å². The molecule has 0 aliphatic rings. The largest absolute Gasteiger partial charge is 0.395 e. The van der Waals surface area contributed by atoms with Crippen molar-refractivity contribution in [3.63, 3.8) is 0 Å². The Bertz CT molecular complexity index is 583. The van der Waals surface area contributed by atoms with Crippen molar-refractivity contribution in [3.8, 4) is 0 Å². The normalized spacial score (nSPS) is 11.5.